The van der Waals surface area contributed by atoms with E-state index in [9.17, 15) is 18.8 Å². The van der Waals surface area contributed by atoms with Crippen molar-refractivity contribution in [1.29, 1.82) is 0 Å². The second kappa shape index (κ2) is 7.22. The first-order valence-electron chi connectivity index (χ1n) is 5.89. The first kappa shape index (κ1) is 15.6. The molecule has 1 aromatic carbocycles. The maximum Gasteiger partial charge on any atom is 0.323 e. The van der Waals surface area contributed by atoms with E-state index in [1.165, 1.54) is 31.3 Å². The van der Waals surface area contributed by atoms with Crippen LogP contribution in [0.4, 0.5) is 4.39 Å². The first-order chi connectivity index (χ1) is 9.40. The van der Waals surface area contributed by atoms with Gasteiger partial charge < -0.3 is 15.3 Å². The van der Waals surface area contributed by atoms with Gasteiger partial charge in [-0.25, -0.2) is 4.39 Å². The Morgan fingerprint density at radius 3 is 2.40 bits per heavy atom. The number of nitrogens with one attached hydrogen (secondary N) is 1. The normalized spacial score (nSPS) is 9.90. The van der Waals surface area contributed by atoms with Gasteiger partial charge in [0.15, 0.2) is 0 Å². The minimum atomic E-state index is -1.10. The Bertz CT molecular complexity index is 502. The van der Waals surface area contributed by atoms with Gasteiger partial charge in [0.05, 0.1) is 0 Å². The zero-order valence-electron chi connectivity index (χ0n) is 10.9. The lowest BCUT2D eigenvalue weighted by atomic mass is 10.2. The van der Waals surface area contributed by atoms with Crippen LogP contribution in [0.2, 0.25) is 0 Å². The molecule has 0 heterocycles. The number of rotatable bonds is 6. The molecule has 1 rings (SSSR count). The van der Waals surface area contributed by atoms with Crippen LogP contribution in [0.5, 0.6) is 0 Å². The zero-order chi connectivity index (χ0) is 15.1. The van der Waals surface area contributed by atoms with Gasteiger partial charge in [0, 0.05) is 25.6 Å². The molecule has 0 atom stereocenters. The van der Waals surface area contributed by atoms with Crippen molar-refractivity contribution >= 4 is 17.8 Å². The van der Waals surface area contributed by atoms with Crippen molar-refractivity contribution in [2.75, 3.05) is 20.1 Å². The van der Waals surface area contributed by atoms with Gasteiger partial charge in [-0.2, -0.15) is 0 Å². The Morgan fingerprint density at radius 1 is 1.25 bits per heavy atom. The van der Waals surface area contributed by atoms with Gasteiger partial charge in [0.1, 0.15) is 12.4 Å². The quantitative estimate of drug-likeness (QED) is 0.795. The van der Waals surface area contributed by atoms with Crippen LogP contribution in [0, 0.1) is 5.82 Å². The van der Waals surface area contributed by atoms with Gasteiger partial charge in [-0.15, -0.1) is 0 Å². The molecule has 0 saturated heterocycles. The zero-order valence-corrected chi connectivity index (χ0v) is 10.9. The number of hydrogen-bond donors (Lipinski definition) is 2. The number of carboxylic acid groups (broad SMARTS) is 1. The van der Waals surface area contributed by atoms with E-state index in [4.69, 9.17) is 5.11 Å². The van der Waals surface area contributed by atoms with Gasteiger partial charge >= 0.3 is 5.97 Å². The lowest BCUT2D eigenvalue weighted by Crippen LogP contribution is -2.35. The molecule has 0 saturated carbocycles. The molecule has 0 radical (unpaired) electrons. The van der Waals surface area contributed by atoms with Crippen molar-refractivity contribution in [1.82, 2.24) is 10.2 Å². The van der Waals surface area contributed by atoms with Crippen LogP contribution in [0.15, 0.2) is 24.3 Å². The molecule has 2 N–H and O–H groups in total. The number of aliphatic carboxylic acids is 1. The molecular weight excluding hydrogens is 267 g/mol. The fourth-order valence-corrected chi connectivity index (χ4v) is 1.47. The maximum absolute atomic E-state index is 12.7. The molecule has 6 nitrogen and oxygen atoms in total. The van der Waals surface area contributed by atoms with E-state index in [0.717, 1.165) is 4.90 Å². The van der Waals surface area contributed by atoms with E-state index in [0.29, 0.717) is 0 Å². The van der Waals surface area contributed by atoms with Gasteiger partial charge in [-0.3, -0.25) is 14.4 Å². The summed E-state index contributed by atoms with van der Waals surface area (Å²) in [5, 5.41) is 11.0. The van der Waals surface area contributed by atoms with Crippen molar-refractivity contribution in [2.45, 2.75) is 6.42 Å². The SMILES string of the molecule is CN(CC(=O)O)C(=O)CCNC(=O)c1ccc(F)cc1. The minimum absolute atomic E-state index is 0.00326. The van der Waals surface area contributed by atoms with E-state index in [1.807, 2.05) is 0 Å². The van der Waals surface area contributed by atoms with Crippen LogP contribution in [-0.2, 0) is 9.59 Å². The van der Waals surface area contributed by atoms with Crippen molar-refractivity contribution in [3.63, 3.8) is 0 Å². The monoisotopic (exact) mass is 282 g/mol. The third kappa shape index (κ3) is 5.05. The molecule has 0 fully saturated rings. The number of halogens is 1. The van der Waals surface area contributed by atoms with Crippen LogP contribution in [0.1, 0.15) is 16.8 Å². The van der Waals surface area contributed by atoms with Crippen LogP contribution >= 0.6 is 0 Å². The number of benzene rings is 1. The van der Waals surface area contributed by atoms with Gasteiger partial charge in [-0.05, 0) is 24.3 Å². The topological polar surface area (TPSA) is 86.7 Å². The molecule has 1 aromatic rings. The minimum Gasteiger partial charge on any atom is -0.480 e. The highest BCUT2D eigenvalue weighted by Gasteiger charge is 2.12. The van der Waals surface area contributed by atoms with Crippen molar-refractivity contribution in [2.24, 2.45) is 0 Å². The highest BCUT2D eigenvalue weighted by Crippen LogP contribution is 2.02. The fraction of sp³-hybridized carbons (Fsp3) is 0.308. The molecule has 20 heavy (non-hydrogen) atoms. The lowest BCUT2D eigenvalue weighted by molar-refractivity contribution is -0.143. The summed E-state index contributed by atoms with van der Waals surface area (Å²) in [4.78, 5) is 34.6. The molecule has 7 heteroatoms. The highest BCUT2D eigenvalue weighted by molar-refractivity contribution is 5.94. The van der Waals surface area contributed by atoms with Crippen LogP contribution in [-0.4, -0.2) is 47.9 Å². The molecular formula is C13H15FN2O4. The highest BCUT2D eigenvalue weighted by atomic mass is 19.1. The number of carbonyl (C=O) groups excluding carboxylic acids is 2. The lowest BCUT2D eigenvalue weighted by Gasteiger charge is -2.14. The number of hydrogen-bond acceptors (Lipinski definition) is 3. The predicted octanol–water partition coefficient (Wildman–Crippen LogP) is 0.489. The summed E-state index contributed by atoms with van der Waals surface area (Å²) in [6, 6.07) is 5.01. The maximum atomic E-state index is 12.7. The van der Waals surface area contributed by atoms with E-state index in [-0.39, 0.29) is 31.0 Å². The predicted molar refractivity (Wildman–Crippen MR) is 68.6 cm³/mol. The molecule has 0 aliphatic heterocycles. The Labute approximate surface area is 115 Å². The second-order valence-corrected chi connectivity index (χ2v) is 4.16. The molecule has 0 aliphatic rings. The Morgan fingerprint density at radius 2 is 1.85 bits per heavy atom. The molecule has 0 spiro atoms. The third-order valence-electron chi connectivity index (χ3n) is 2.53. The number of carboxylic acids is 1. The average Bonchev–Trinajstić information content (AvgIpc) is 2.38. The Kier molecular flexibility index (Phi) is 5.64. The molecule has 0 aliphatic carbocycles. The number of likely N-dealkylation sites (N-methyl/N-ethyl adjacent to an activating group) is 1. The molecule has 0 bridgehead atoms. The summed E-state index contributed by atoms with van der Waals surface area (Å²) in [5.74, 6) is -2.34. The molecule has 0 aromatic heterocycles. The van der Waals surface area contributed by atoms with Crippen molar-refractivity contribution in [3.8, 4) is 0 Å². The smallest absolute Gasteiger partial charge is 0.323 e. The molecule has 2 amide bonds. The fourth-order valence-electron chi connectivity index (χ4n) is 1.47. The van der Waals surface area contributed by atoms with E-state index >= 15 is 0 Å². The summed E-state index contributed by atoms with van der Waals surface area (Å²) in [7, 11) is 1.37. The van der Waals surface area contributed by atoms with Crippen LogP contribution in [0.25, 0.3) is 0 Å². The number of amides is 2. The molecule has 0 unspecified atom stereocenters. The number of carbonyl (C=O) groups is 3. The van der Waals surface area contributed by atoms with Crippen molar-refractivity contribution in [3.05, 3.63) is 35.6 Å². The summed E-state index contributed by atoms with van der Waals surface area (Å²) in [5.41, 5.74) is 0.290. The van der Waals surface area contributed by atoms with Gasteiger partial charge in [-0.1, -0.05) is 0 Å². The summed E-state index contributed by atoms with van der Waals surface area (Å²) < 4.78 is 12.7. The van der Waals surface area contributed by atoms with Crippen LogP contribution in [0.3, 0.4) is 0 Å². The van der Waals surface area contributed by atoms with E-state index in [2.05, 4.69) is 5.32 Å². The van der Waals surface area contributed by atoms with Gasteiger partial charge in [0.25, 0.3) is 5.91 Å². The summed E-state index contributed by atoms with van der Waals surface area (Å²) >= 11 is 0. The van der Waals surface area contributed by atoms with E-state index in [1.54, 1.807) is 0 Å². The largest absolute Gasteiger partial charge is 0.480 e. The standard InChI is InChI=1S/C13H15FN2O4/c1-16(8-12(18)19)11(17)6-7-15-13(20)9-2-4-10(14)5-3-9/h2-5H,6-8H2,1H3,(H,15,20)(H,18,19). The average molecular weight is 282 g/mol. The first-order valence-corrected chi connectivity index (χ1v) is 5.89. The summed E-state index contributed by atoms with van der Waals surface area (Å²) in [6.45, 7) is -0.302. The number of nitrogens with zero attached hydrogens (tertiary/aromatic N) is 1. The molecule has 108 valence electrons. The Hall–Kier alpha value is -2.44. The van der Waals surface area contributed by atoms with Crippen molar-refractivity contribution < 1.29 is 23.9 Å². The van der Waals surface area contributed by atoms with E-state index < -0.39 is 17.7 Å². The Balaban J connectivity index is 2.37. The summed E-state index contributed by atoms with van der Waals surface area (Å²) in [6.07, 6.45) is -0.00326. The van der Waals surface area contributed by atoms with Gasteiger partial charge in [0.2, 0.25) is 5.91 Å². The third-order valence-corrected chi connectivity index (χ3v) is 2.53. The van der Waals surface area contributed by atoms with Crippen LogP contribution < -0.4 is 5.32 Å². The second-order valence-electron chi connectivity index (χ2n) is 4.16.